The Morgan fingerprint density at radius 1 is 1.50 bits per heavy atom. The fourth-order valence-corrected chi connectivity index (χ4v) is 1.54. The Kier molecular flexibility index (Phi) is 4.69. The number of rotatable bonds is 0. The van der Waals surface area contributed by atoms with E-state index in [1.165, 1.54) is 13.4 Å². The quantitative estimate of drug-likeness (QED) is 0.670. The van der Waals surface area contributed by atoms with Gasteiger partial charge in [0, 0.05) is 12.7 Å². The summed E-state index contributed by atoms with van der Waals surface area (Å²) in [7, 11) is 1.39. The zero-order valence-corrected chi connectivity index (χ0v) is 9.93. The average Bonchev–Trinajstić information content (AvgIpc) is 2.39. The molecule has 1 amide bonds. The van der Waals surface area contributed by atoms with E-state index in [4.69, 9.17) is 0 Å². The standard InChI is InChI=1S/C9H11N3O2.C2H6/c1-14-9(13)12-3-2-7-4-10-6-11-8(7)5-12;1-2/h4,6H,2-3,5H2,1H3;1-2H3. The summed E-state index contributed by atoms with van der Waals surface area (Å²) in [4.78, 5) is 20.9. The molecule has 5 nitrogen and oxygen atoms in total. The highest BCUT2D eigenvalue weighted by atomic mass is 16.5. The highest BCUT2D eigenvalue weighted by Gasteiger charge is 2.21. The maximum Gasteiger partial charge on any atom is 0.409 e. The molecule has 1 aromatic heterocycles. The van der Waals surface area contributed by atoms with Crippen LogP contribution in [0.2, 0.25) is 0 Å². The first-order valence-electron chi connectivity index (χ1n) is 5.42. The number of carbonyl (C=O) groups is 1. The van der Waals surface area contributed by atoms with Crippen molar-refractivity contribution in [3.63, 3.8) is 0 Å². The summed E-state index contributed by atoms with van der Waals surface area (Å²) in [6.07, 6.45) is 3.80. The maximum atomic E-state index is 11.2. The summed E-state index contributed by atoms with van der Waals surface area (Å²) in [6.45, 7) is 5.19. The summed E-state index contributed by atoms with van der Waals surface area (Å²) in [5, 5.41) is 0. The van der Waals surface area contributed by atoms with Crippen LogP contribution < -0.4 is 0 Å². The van der Waals surface area contributed by atoms with Crippen molar-refractivity contribution >= 4 is 6.09 Å². The van der Waals surface area contributed by atoms with Crippen LogP contribution in [-0.2, 0) is 17.7 Å². The number of hydrogen-bond donors (Lipinski definition) is 0. The van der Waals surface area contributed by atoms with Gasteiger partial charge in [0.25, 0.3) is 0 Å². The minimum Gasteiger partial charge on any atom is -0.453 e. The third kappa shape index (κ3) is 2.68. The lowest BCUT2D eigenvalue weighted by Crippen LogP contribution is -2.36. The molecule has 2 heterocycles. The van der Waals surface area contributed by atoms with Crippen LogP contribution >= 0.6 is 0 Å². The molecule has 2 rings (SSSR count). The normalized spacial score (nSPS) is 13.3. The molecule has 0 bridgehead atoms. The Bertz CT molecular complexity index is 355. The van der Waals surface area contributed by atoms with Crippen LogP contribution in [-0.4, -0.2) is 34.6 Å². The van der Waals surface area contributed by atoms with Crippen molar-refractivity contribution in [2.45, 2.75) is 26.8 Å². The first-order valence-corrected chi connectivity index (χ1v) is 5.42. The Morgan fingerprint density at radius 3 is 2.94 bits per heavy atom. The van der Waals surface area contributed by atoms with Crippen LogP contribution in [0, 0.1) is 0 Å². The van der Waals surface area contributed by atoms with Crippen LogP contribution in [0.25, 0.3) is 0 Å². The van der Waals surface area contributed by atoms with Gasteiger partial charge in [0.1, 0.15) is 6.33 Å². The third-order valence-electron chi connectivity index (χ3n) is 2.31. The van der Waals surface area contributed by atoms with Crippen molar-refractivity contribution in [1.82, 2.24) is 14.9 Å². The molecule has 0 spiro atoms. The van der Waals surface area contributed by atoms with Crippen LogP contribution in [0.15, 0.2) is 12.5 Å². The van der Waals surface area contributed by atoms with Gasteiger partial charge in [0.15, 0.2) is 0 Å². The van der Waals surface area contributed by atoms with Gasteiger partial charge in [-0.3, -0.25) is 0 Å². The molecule has 0 saturated carbocycles. The van der Waals surface area contributed by atoms with Crippen LogP contribution in [0.3, 0.4) is 0 Å². The molecule has 0 saturated heterocycles. The van der Waals surface area contributed by atoms with Gasteiger partial charge in [-0.15, -0.1) is 0 Å². The Balaban J connectivity index is 0.000000606. The van der Waals surface area contributed by atoms with E-state index in [2.05, 4.69) is 14.7 Å². The Morgan fingerprint density at radius 2 is 2.25 bits per heavy atom. The zero-order valence-electron chi connectivity index (χ0n) is 9.93. The third-order valence-corrected chi connectivity index (χ3v) is 2.31. The second-order valence-corrected chi connectivity index (χ2v) is 3.14. The van der Waals surface area contributed by atoms with Crippen LogP contribution in [0.1, 0.15) is 25.1 Å². The van der Waals surface area contributed by atoms with E-state index in [1.54, 1.807) is 11.1 Å². The smallest absolute Gasteiger partial charge is 0.409 e. The van der Waals surface area contributed by atoms with Crippen molar-refractivity contribution < 1.29 is 9.53 Å². The fourth-order valence-electron chi connectivity index (χ4n) is 1.54. The second-order valence-electron chi connectivity index (χ2n) is 3.14. The lowest BCUT2D eigenvalue weighted by molar-refractivity contribution is 0.118. The predicted molar refractivity (Wildman–Crippen MR) is 59.9 cm³/mol. The molecule has 0 unspecified atom stereocenters. The monoisotopic (exact) mass is 223 g/mol. The van der Waals surface area contributed by atoms with Crippen molar-refractivity contribution in [3.8, 4) is 0 Å². The van der Waals surface area contributed by atoms with E-state index in [1.807, 2.05) is 13.8 Å². The molecule has 0 aliphatic carbocycles. The molecule has 0 atom stereocenters. The minimum atomic E-state index is -0.297. The Hall–Kier alpha value is -1.65. The minimum absolute atomic E-state index is 0.297. The molecule has 1 aromatic rings. The first kappa shape index (κ1) is 12.4. The van der Waals surface area contributed by atoms with Crippen LogP contribution in [0.5, 0.6) is 0 Å². The molecular weight excluding hydrogens is 206 g/mol. The van der Waals surface area contributed by atoms with E-state index in [0.717, 1.165) is 17.7 Å². The second kappa shape index (κ2) is 6.05. The molecule has 0 N–H and O–H groups in total. The molecular formula is C11H17N3O2. The van der Waals surface area contributed by atoms with E-state index in [0.29, 0.717) is 13.1 Å². The van der Waals surface area contributed by atoms with E-state index in [-0.39, 0.29) is 6.09 Å². The highest BCUT2D eigenvalue weighted by molar-refractivity contribution is 5.67. The highest BCUT2D eigenvalue weighted by Crippen LogP contribution is 2.15. The molecule has 0 fully saturated rings. The lowest BCUT2D eigenvalue weighted by atomic mass is 10.1. The molecule has 5 heteroatoms. The van der Waals surface area contributed by atoms with Gasteiger partial charge in [0.2, 0.25) is 0 Å². The molecule has 0 aromatic carbocycles. The van der Waals surface area contributed by atoms with E-state index >= 15 is 0 Å². The summed E-state index contributed by atoms with van der Waals surface area (Å²) < 4.78 is 4.65. The van der Waals surface area contributed by atoms with Gasteiger partial charge in [-0.1, -0.05) is 13.8 Å². The van der Waals surface area contributed by atoms with Gasteiger partial charge < -0.3 is 9.64 Å². The topological polar surface area (TPSA) is 55.3 Å². The summed E-state index contributed by atoms with van der Waals surface area (Å²) >= 11 is 0. The molecule has 88 valence electrons. The summed E-state index contributed by atoms with van der Waals surface area (Å²) in [5.74, 6) is 0. The van der Waals surface area contributed by atoms with E-state index in [9.17, 15) is 4.79 Å². The van der Waals surface area contributed by atoms with Crippen molar-refractivity contribution in [1.29, 1.82) is 0 Å². The van der Waals surface area contributed by atoms with Gasteiger partial charge in [-0.2, -0.15) is 0 Å². The lowest BCUT2D eigenvalue weighted by Gasteiger charge is -2.26. The number of aromatic nitrogens is 2. The predicted octanol–water partition coefficient (Wildman–Crippen LogP) is 1.63. The van der Waals surface area contributed by atoms with Crippen molar-refractivity contribution in [2.24, 2.45) is 0 Å². The molecule has 0 radical (unpaired) electrons. The van der Waals surface area contributed by atoms with Gasteiger partial charge >= 0.3 is 6.09 Å². The number of ether oxygens (including phenoxy) is 1. The summed E-state index contributed by atoms with van der Waals surface area (Å²) in [5.41, 5.74) is 2.03. The van der Waals surface area contributed by atoms with Crippen molar-refractivity contribution in [2.75, 3.05) is 13.7 Å². The number of fused-ring (bicyclic) bond motifs is 1. The molecule has 16 heavy (non-hydrogen) atoms. The SMILES string of the molecule is CC.COC(=O)N1CCc2cncnc2C1. The van der Waals surface area contributed by atoms with Gasteiger partial charge in [-0.25, -0.2) is 14.8 Å². The number of nitrogens with zero attached hydrogens (tertiary/aromatic N) is 3. The first-order chi connectivity index (χ1) is 7.81. The van der Waals surface area contributed by atoms with Crippen LogP contribution in [0.4, 0.5) is 4.79 Å². The Labute approximate surface area is 95.5 Å². The number of methoxy groups -OCH3 is 1. The molecule has 1 aliphatic rings. The number of amides is 1. The van der Waals surface area contributed by atoms with Gasteiger partial charge in [-0.05, 0) is 12.0 Å². The molecule has 1 aliphatic heterocycles. The average molecular weight is 223 g/mol. The van der Waals surface area contributed by atoms with Gasteiger partial charge in [0.05, 0.1) is 19.3 Å². The largest absolute Gasteiger partial charge is 0.453 e. The van der Waals surface area contributed by atoms with Crippen molar-refractivity contribution in [3.05, 3.63) is 23.8 Å². The maximum absolute atomic E-state index is 11.2. The zero-order chi connectivity index (χ0) is 12.0. The number of carbonyl (C=O) groups excluding carboxylic acids is 1. The number of hydrogen-bond acceptors (Lipinski definition) is 4. The summed E-state index contributed by atoms with van der Waals surface area (Å²) in [6, 6.07) is 0. The fraction of sp³-hybridized carbons (Fsp3) is 0.545. The van der Waals surface area contributed by atoms with E-state index < -0.39 is 0 Å².